The predicted molar refractivity (Wildman–Crippen MR) is 90.8 cm³/mol. The Morgan fingerprint density at radius 3 is 2.62 bits per heavy atom. The van der Waals surface area contributed by atoms with Gasteiger partial charge in [-0.15, -0.1) is 23.1 Å². The molecule has 1 aromatic heterocycles. The molecule has 0 saturated heterocycles. The molecule has 0 spiro atoms. The number of thioether (sulfide) groups is 1. The fraction of sp³-hybridized carbons (Fsp3) is 0.438. The van der Waals surface area contributed by atoms with Crippen molar-refractivity contribution in [3.8, 4) is 10.6 Å². The molecule has 21 heavy (non-hydrogen) atoms. The van der Waals surface area contributed by atoms with Crippen molar-refractivity contribution in [3.05, 3.63) is 34.6 Å². The highest BCUT2D eigenvalue weighted by Crippen LogP contribution is 2.39. The van der Waals surface area contributed by atoms with Gasteiger partial charge in [-0.1, -0.05) is 26.8 Å². The van der Waals surface area contributed by atoms with Crippen molar-refractivity contribution < 1.29 is 4.39 Å². The summed E-state index contributed by atoms with van der Waals surface area (Å²) in [6.45, 7) is 7.18. The summed E-state index contributed by atoms with van der Waals surface area (Å²) in [4.78, 5) is 6.87. The molecule has 1 heterocycles. The van der Waals surface area contributed by atoms with Gasteiger partial charge in [0.15, 0.2) is 0 Å². The number of benzene rings is 1. The second-order valence-electron chi connectivity index (χ2n) is 5.89. The lowest BCUT2D eigenvalue weighted by molar-refractivity contribution is 0.563. The largest absolute Gasteiger partial charge is 0.315 e. The van der Waals surface area contributed by atoms with E-state index in [0.717, 1.165) is 22.1 Å². The number of rotatable bonds is 4. The van der Waals surface area contributed by atoms with E-state index in [2.05, 4.69) is 26.1 Å². The zero-order valence-electron chi connectivity index (χ0n) is 13.1. The Bertz CT molecular complexity index is 630. The maximum Gasteiger partial charge on any atom is 0.134 e. The van der Waals surface area contributed by atoms with Crippen molar-refractivity contribution in [1.82, 2.24) is 10.3 Å². The maximum atomic E-state index is 14.3. The molecule has 0 unspecified atom stereocenters. The van der Waals surface area contributed by atoms with Crippen molar-refractivity contribution in [2.45, 2.75) is 37.6 Å². The summed E-state index contributed by atoms with van der Waals surface area (Å²) in [5.41, 5.74) is 1.63. The quantitative estimate of drug-likeness (QED) is 0.826. The maximum absolute atomic E-state index is 14.3. The van der Waals surface area contributed by atoms with Crippen LogP contribution in [-0.2, 0) is 12.0 Å². The molecular formula is C16H21FN2S2. The molecule has 2 nitrogen and oxygen atoms in total. The van der Waals surface area contributed by atoms with Gasteiger partial charge in [-0.25, -0.2) is 9.37 Å². The van der Waals surface area contributed by atoms with Gasteiger partial charge in [-0.3, -0.25) is 0 Å². The van der Waals surface area contributed by atoms with Crippen molar-refractivity contribution >= 4 is 23.1 Å². The van der Waals surface area contributed by atoms with E-state index in [-0.39, 0.29) is 11.2 Å². The monoisotopic (exact) mass is 324 g/mol. The Morgan fingerprint density at radius 1 is 1.33 bits per heavy atom. The summed E-state index contributed by atoms with van der Waals surface area (Å²) in [7, 11) is 1.92. The molecule has 0 amide bonds. The zero-order valence-corrected chi connectivity index (χ0v) is 14.7. The van der Waals surface area contributed by atoms with Crippen LogP contribution in [0.4, 0.5) is 4.39 Å². The fourth-order valence-corrected chi connectivity index (χ4v) is 4.23. The minimum Gasteiger partial charge on any atom is -0.315 e. The molecule has 0 aliphatic heterocycles. The van der Waals surface area contributed by atoms with E-state index in [0.29, 0.717) is 5.56 Å². The van der Waals surface area contributed by atoms with Crippen LogP contribution in [0, 0.1) is 5.82 Å². The lowest BCUT2D eigenvalue weighted by Crippen LogP contribution is -2.16. The minimum atomic E-state index is -0.202. The Kier molecular flexibility index (Phi) is 5.07. The molecule has 2 rings (SSSR count). The molecule has 0 atom stereocenters. The van der Waals surface area contributed by atoms with Crippen molar-refractivity contribution in [3.63, 3.8) is 0 Å². The lowest BCUT2D eigenvalue weighted by atomic mass is 9.91. The van der Waals surface area contributed by atoms with Gasteiger partial charge in [0.25, 0.3) is 0 Å². The molecule has 114 valence electrons. The standard InChI is InChI=1S/C16H21FN2S2/c1-16(2,3)14-12(9-18-4)21-15(19-14)13-10(17)7-6-8-11(13)20-5/h6-8,18H,9H2,1-5H3. The van der Waals surface area contributed by atoms with Crippen LogP contribution in [0.1, 0.15) is 31.3 Å². The van der Waals surface area contributed by atoms with Crippen molar-refractivity contribution in [1.29, 1.82) is 0 Å². The average molecular weight is 324 g/mol. The zero-order chi connectivity index (χ0) is 15.6. The van der Waals surface area contributed by atoms with E-state index in [9.17, 15) is 4.39 Å². The fourth-order valence-electron chi connectivity index (χ4n) is 2.21. The molecule has 0 bridgehead atoms. The SMILES string of the molecule is CNCc1sc(-c2c(F)cccc2SC)nc1C(C)(C)C. The molecule has 5 heteroatoms. The van der Waals surface area contributed by atoms with Gasteiger partial charge in [-0.05, 0) is 25.4 Å². The molecular weight excluding hydrogens is 303 g/mol. The van der Waals surface area contributed by atoms with Gasteiger partial charge >= 0.3 is 0 Å². The van der Waals surface area contributed by atoms with Crippen LogP contribution in [0.3, 0.4) is 0 Å². The summed E-state index contributed by atoms with van der Waals surface area (Å²) >= 11 is 3.13. The third-order valence-corrected chi connectivity index (χ3v) is 5.01. The van der Waals surface area contributed by atoms with E-state index >= 15 is 0 Å². The van der Waals surface area contributed by atoms with Gasteiger partial charge in [0, 0.05) is 21.7 Å². The first-order valence-corrected chi connectivity index (χ1v) is 8.90. The highest BCUT2D eigenvalue weighted by molar-refractivity contribution is 7.98. The van der Waals surface area contributed by atoms with E-state index < -0.39 is 0 Å². The van der Waals surface area contributed by atoms with Gasteiger partial charge < -0.3 is 5.32 Å². The van der Waals surface area contributed by atoms with E-state index in [1.54, 1.807) is 29.2 Å². The molecule has 1 N–H and O–H groups in total. The summed E-state index contributed by atoms with van der Waals surface area (Å²) in [5, 5.41) is 3.95. The minimum absolute atomic E-state index is 0.0499. The van der Waals surface area contributed by atoms with Crippen LogP contribution in [-0.4, -0.2) is 18.3 Å². The van der Waals surface area contributed by atoms with Gasteiger partial charge in [-0.2, -0.15) is 0 Å². The third kappa shape index (κ3) is 3.47. The Hall–Kier alpha value is -0.910. The van der Waals surface area contributed by atoms with E-state index in [4.69, 9.17) is 4.98 Å². The number of nitrogens with one attached hydrogen (secondary N) is 1. The normalized spacial score (nSPS) is 11.9. The van der Waals surface area contributed by atoms with Crippen LogP contribution < -0.4 is 5.32 Å². The van der Waals surface area contributed by atoms with Crippen LogP contribution in [0.5, 0.6) is 0 Å². The molecule has 0 fully saturated rings. The summed E-state index contributed by atoms with van der Waals surface area (Å²) in [6.07, 6.45) is 1.96. The first-order chi connectivity index (χ1) is 9.88. The number of nitrogens with zero attached hydrogens (tertiary/aromatic N) is 1. The first-order valence-electron chi connectivity index (χ1n) is 6.86. The molecule has 1 aromatic carbocycles. The van der Waals surface area contributed by atoms with E-state index in [1.165, 1.54) is 10.9 Å². The smallest absolute Gasteiger partial charge is 0.134 e. The Balaban J connectivity index is 2.61. The van der Waals surface area contributed by atoms with Crippen LogP contribution in [0.25, 0.3) is 10.6 Å². The van der Waals surface area contributed by atoms with Gasteiger partial charge in [0.05, 0.1) is 11.3 Å². The number of hydrogen-bond donors (Lipinski definition) is 1. The topological polar surface area (TPSA) is 24.9 Å². The highest BCUT2D eigenvalue weighted by atomic mass is 32.2. The van der Waals surface area contributed by atoms with Crippen LogP contribution in [0.15, 0.2) is 23.1 Å². The molecule has 0 aliphatic rings. The summed E-state index contributed by atoms with van der Waals surface area (Å²) < 4.78 is 14.3. The lowest BCUT2D eigenvalue weighted by Gasteiger charge is -2.17. The predicted octanol–water partition coefficient (Wildman–Crippen LogP) is 4.69. The number of halogens is 1. The van der Waals surface area contributed by atoms with Crippen LogP contribution >= 0.6 is 23.1 Å². The van der Waals surface area contributed by atoms with Crippen molar-refractivity contribution in [2.24, 2.45) is 0 Å². The molecule has 0 radical (unpaired) electrons. The molecule has 0 aliphatic carbocycles. The Labute approximate surface area is 134 Å². The third-order valence-electron chi connectivity index (χ3n) is 3.15. The van der Waals surface area contributed by atoms with Crippen LogP contribution in [0.2, 0.25) is 0 Å². The molecule has 2 aromatic rings. The summed E-state index contributed by atoms with van der Waals surface area (Å²) in [5.74, 6) is -0.202. The number of thiazole rings is 1. The van der Waals surface area contributed by atoms with Crippen molar-refractivity contribution in [2.75, 3.05) is 13.3 Å². The number of aromatic nitrogens is 1. The van der Waals surface area contributed by atoms with E-state index in [1.807, 2.05) is 19.4 Å². The average Bonchev–Trinajstić information content (AvgIpc) is 2.82. The first kappa shape index (κ1) is 16.5. The highest BCUT2D eigenvalue weighted by Gasteiger charge is 2.25. The number of hydrogen-bond acceptors (Lipinski definition) is 4. The van der Waals surface area contributed by atoms with Gasteiger partial charge in [0.1, 0.15) is 10.8 Å². The molecule has 0 saturated carbocycles. The second-order valence-corrected chi connectivity index (χ2v) is 7.82. The summed E-state index contributed by atoms with van der Waals surface area (Å²) in [6, 6.07) is 5.20. The second kappa shape index (κ2) is 6.46. The van der Waals surface area contributed by atoms with Gasteiger partial charge in [0.2, 0.25) is 0 Å². The Morgan fingerprint density at radius 2 is 2.05 bits per heavy atom.